The highest BCUT2D eigenvalue weighted by atomic mass is 16.2. The van der Waals surface area contributed by atoms with E-state index in [1.807, 2.05) is 51.1 Å². The smallest absolute Gasteiger partial charge is 0.253 e. The van der Waals surface area contributed by atoms with Gasteiger partial charge in [-0.25, -0.2) is 14.9 Å². The Morgan fingerprint density at radius 2 is 1.43 bits per heavy atom. The molecule has 144 valence electrons. The molecule has 0 saturated carbocycles. The molecule has 2 aromatic carbocycles. The van der Waals surface area contributed by atoms with Crippen LogP contribution in [0, 0.1) is 26.7 Å². The zero-order valence-electron chi connectivity index (χ0n) is 16.6. The molecule has 5 rings (SSSR count). The van der Waals surface area contributed by atoms with Crippen molar-refractivity contribution in [2.45, 2.75) is 39.3 Å². The summed E-state index contributed by atoms with van der Waals surface area (Å²) in [6.07, 6.45) is 1.02. The van der Waals surface area contributed by atoms with Gasteiger partial charge in [-0.15, -0.1) is 0 Å². The Morgan fingerprint density at radius 1 is 0.821 bits per heavy atom. The number of hydrogen-bond donors (Lipinski definition) is 0. The summed E-state index contributed by atoms with van der Waals surface area (Å²) in [5.41, 5.74) is 4.99. The predicted octanol–water partition coefficient (Wildman–Crippen LogP) is 3.15. The van der Waals surface area contributed by atoms with E-state index in [0.717, 1.165) is 47.5 Å². The lowest BCUT2D eigenvalue weighted by atomic mass is 9.90. The summed E-state index contributed by atoms with van der Waals surface area (Å²) in [5, 5.41) is 4.41. The lowest BCUT2D eigenvalue weighted by Crippen LogP contribution is -2.44. The van der Waals surface area contributed by atoms with Crippen molar-refractivity contribution in [2.75, 3.05) is 18.0 Å². The van der Waals surface area contributed by atoms with Gasteiger partial charge in [0.25, 0.3) is 5.91 Å². The second-order valence-corrected chi connectivity index (χ2v) is 8.27. The summed E-state index contributed by atoms with van der Waals surface area (Å²) >= 11 is 0. The number of anilines is 1. The lowest BCUT2D eigenvalue weighted by Gasteiger charge is -2.30. The molecule has 0 aromatic heterocycles. The van der Waals surface area contributed by atoms with Crippen molar-refractivity contribution in [1.82, 2.24) is 10.0 Å². The van der Waals surface area contributed by atoms with Crippen molar-refractivity contribution in [3.63, 3.8) is 0 Å². The van der Waals surface area contributed by atoms with Gasteiger partial charge < -0.3 is 0 Å². The van der Waals surface area contributed by atoms with E-state index < -0.39 is 0 Å². The number of amides is 2. The monoisotopic (exact) mass is 375 g/mol. The number of aryl methyl sites for hydroxylation is 3. The van der Waals surface area contributed by atoms with Crippen molar-refractivity contribution in [3.05, 3.63) is 64.7 Å². The molecule has 0 radical (unpaired) electrons. The fourth-order valence-corrected chi connectivity index (χ4v) is 5.51. The molecular weight excluding hydrogens is 350 g/mol. The first-order chi connectivity index (χ1) is 13.5. The third kappa shape index (κ3) is 2.33. The normalized spacial score (nSPS) is 27.5. The first kappa shape index (κ1) is 17.6. The second kappa shape index (κ2) is 6.26. The number of imide groups is 1. The number of hydrazine groups is 1. The fraction of sp³-hybridized carbons (Fsp3) is 0.391. The molecule has 0 aliphatic carbocycles. The third-order valence-electron chi connectivity index (χ3n) is 6.41. The number of benzene rings is 2. The molecule has 3 atom stereocenters. The van der Waals surface area contributed by atoms with Gasteiger partial charge in [0.2, 0.25) is 5.91 Å². The van der Waals surface area contributed by atoms with Crippen LogP contribution in [0.1, 0.15) is 34.7 Å². The maximum absolute atomic E-state index is 13.7. The molecule has 28 heavy (non-hydrogen) atoms. The van der Waals surface area contributed by atoms with Crippen LogP contribution < -0.4 is 4.90 Å². The minimum absolute atomic E-state index is 0.0618. The SMILES string of the molecule is Cc1cc(C)c(N2C(=O)[C@@H]3[C@H](C2=O)N2CCCN2[C@H]3c2ccccc2)c(C)c1. The van der Waals surface area contributed by atoms with Crippen LogP contribution in [0.2, 0.25) is 0 Å². The van der Waals surface area contributed by atoms with Gasteiger partial charge in [-0.2, -0.15) is 0 Å². The highest BCUT2D eigenvalue weighted by Gasteiger charge is 2.63. The van der Waals surface area contributed by atoms with Crippen molar-refractivity contribution in [3.8, 4) is 0 Å². The quantitative estimate of drug-likeness (QED) is 0.757. The number of carbonyl (C=O) groups excluding carboxylic acids is 2. The zero-order chi connectivity index (χ0) is 19.6. The molecule has 3 saturated heterocycles. The third-order valence-corrected chi connectivity index (χ3v) is 6.41. The van der Waals surface area contributed by atoms with E-state index >= 15 is 0 Å². The van der Waals surface area contributed by atoms with E-state index in [-0.39, 0.29) is 29.8 Å². The van der Waals surface area contributed by atoms with Gasteiger partial charge in [0.15, 0.2) is 0 Å². The van der Waals surface area contributed by atoms with Crippen LogP contribution in [0.5, 0.6) is 0 Å². The van der Waals surface area contributed by atoms with Crippen molar-refractivity contribution < 1.29 is 9.59 Å². The van der Waals surface area contributed by atoms with Crippen molar-refractivity contribution in [2.24, 2.45) is 5.92 Å². The summed E-state index contributed by atoms with van der Waals surface area (Å²) in [7, 11) is 0. The Morgan fingerprint density at radius 3 is 2.07 bits per heavy atom. The van der Waals surface area contributed by atoms with Crippen molar-refractivity contribution in [1.29, 1.82) is 0 Å². The predicted molar refractivity (Wildman–Crippen MR) is 108 cm³/mol. The lowest BCUT2D eigenvalue weighted by molar-refractivity contribution is -0.126. The largest absolute Gasteiger partial charge is 0.274 e. The number of hydrogen-bond acceptors (Lipinski definition) is 4. The van der Waals surface area contributed by atoms with Crippen LogP contribution in [-0.4, -0.2) is 41.0 Å². The molecule has 0 bridgehead atoms. The Labute approximate surface area is 165 Å². The van der Waals surface area contributed by atoms with Gasteiger partial charge in [0.05, 0.1) is 17.6 Å². The Hall–Kier alpha value is -2.50. The summed E-state index contributed by atoms with van der Waals surface area (Å²) in [6.45, 7) is 7.75. The summed E-state index contributed by atoms with van der Waals surface area (Å²) in [5.74, 6) is -0.487. The Kier molecular flexibility index (Phi) is 3.93. The standard InChI is InChI=1S/C23H25N3O2/c1-14-12-15(2)19(16(3)13-14)26-22(27)18-20(17-8-5-4-6-9-17)24-10-7-11-25(24)21(18)23(26)28/h4-6,8-9,12-13,18,20-21H,7,10-11H2,1-3H3/t18-,20-,21+/m0/s1. The van der Waals surface area contributed by atoms with Crippen LogP contribution in [0.3, 0.4) is 0 Å². The van der Waals surface area contributed by atoms with E-state index in [2.05, 4.69) is 22.2 Å². The molecule has 2 aromatic rings. The molecule has 3 heterocycles. The highest BCUT2D eigenvalue weighted by Crippen LogP contribution is 2.49. The van der Waals surface area contributed by atoms with E-state index in [4.69, 9.17) is 0 Å². The molecule has 5 heteroatoms. The van der Waals surface area contributed by atoms with Gasteiger partial charge in [-0.1, -0.05) is 48.0 Å². The number of carbonyl (C=O) groups is 2. The first-order valence-electron chi connectivity index (χ1n) is 10.0. The summed E-state index contributed by atoms with van der Waals surface area (Å²) in [4.78, 5) is 28.7. The van der Waals surface area contributed by atoms with Crippen LogP contribution in [-0.2, 0) is 9.59 Å². The fourth-order valence-electron chi connectivity index (χ4n) is 5.51. The molecule has 3 aliphatic heterocycles. The molecule has 0 unspecified atom stereocenters. The molecular formula is C23H25N3O2. The zero-order valence-corrected chi connectivity index (χ0v) is 16.6. The van der Waals surface area contributed by atoms with Crippen LogP contribution in [0.25, 0.3) is 0 Å². The van der Waals surface area contributed by atoms with Gasteiger partial charge in [-0.3, -0.25) is 9.59 Å². The molecule has 0 spiro atoms. The highest BCUT2D eigenvalue weighted by molar-refractivity contribution is 6.24. The minimum Gasteiger partial charge on any atom is -0.274 e. The maximum Gasteiger partial charge on any atom is 0.253 e. The second-order valence-electron chi connectivity index (χ2n) is 8.27. The average Bonchev–Trinajstić information content (AvgIpc) is 3.29. The molecule has 0 N–H and O–H groups in total. The maximum atomic E-state index is 13.7. The Balaban J connectivity index is 1.62. The van der Waals surface area contributed by atoms with E-state index in [1.165, 1.54) is 4.90 Å². The summed E-state index contributed by atoms with van der Waals surface area (Å²) < 4.78 is 0. The first-order valence-corrected chi connectivity index (χ1v) is 10.0. The van der Waals surface area contributed by atoms with Gasteiger partial charge in [0.1, 0.15) is 6.04 Å². The molecule has 3 aliphatic rings. The molecule has 3 fully saturated rings. The van der Waals surface area contributed by atoms with Crippen LogP contribution >= 0.6 is 0 Å². The number of rotatable bonds is 2. The van der Waals surface area contributed by atoms with E-state index in [0.29, 0.717) is 0 Å². The van der Waals surface area contributed by atoms with E-state index in [1.54, 1.807) is 0 Å². The number of fused-ring (bicyclic) bond motifs is 3. The van der Waals surface area contributed by atoms with Gasteiger partial charge >= 0.3 is 0 Å². The Bertz CT molecular complexity index is 948. The van der Waals surface area contributed by atoms with Crippen LogP contribution in [0.15, 0.2) is 42.5 Å². The van der Waals surface area contributed by atoms with Crippen molar-refractivity contribution >= 4 is 17.5 Å². The molecule has 5 nitrogen and oxygen atoms in total. The van der Waals surface area contributed by atoms with Crippen LogP contribution in [0.4, 0.5) is 5.69 Å². The molecule has 2 amide bonds. The minimum atomic E-state index is -0.389. The topological polar surface area (TPSA) is 43.9 Å². The van der Waals surface area contributed by atoms with E-state index in [9.17, 15) is 9.59 Å². The summed E-state index contributed by atoms with van der Waals surface area (Å²) in [6, 6.07) is 13.8. The van der Waals surface area contributed by atoms with Gasteiger partial charge in [0, 0.05) is 13.1 Å². The average molecular weight is 375 g/mol. The van der Waals surface area contributed by atoms with Gasteiger partial charge in [-0.05, 0) is 43.9 Å². The number of nitrogens with zero attached hydrogens (tertiary/aromatic N) is 3.